The van der Waals surface area contributed by atoms with Gasteiger partial charge in [0, 0.05) is 10.2 Å². The van der Waals surface area contributed by atoms with Crippen LogP contribution >= 0.6 is 27.7 Å². The zero-order valence-electron chi connectivity index (χ0n) is 6.80. The van der Waals surface area contributed by atoms with E-state index in [4.69, 9.17) is 11.5 Å². The fourth-order valence-electron chi connectivity index (χ4n) is 0.936. The molecule has 0 aromatic heterocycles. The molecule has 0 atom stereocenters. The molecule has 0 aliphatic carbocycles. The number of hydrogen-bond donors (Lipinski definition) is 2. The van der Waals surface area contributed by atoms with E-state index in [0.29, 0.717) is 11.4 Å². The lowest BCUT2D eigenvalue weighted by Crippen LogP contribution is -1.98. The molecule has 0 aliphatic heterocycles. The van der Waals surface area contributed by atoms with Crippen LogP contribution in [0.5, 0.6) is 0 Å². The molecule has 1 aromatic carbocycles. The first-order valence-corrected chi connectivity index (χ1v) is 5.81. The molecule has 0 saturated heterocycles. The van der Waals surface area contributed by atoms with Crippen molar-refractivity contribution in [2.75, 3.05) is 17.7 Å². The van der Waals surface area contributed by atoms with Gasteiger partial charge in [-0.2, -0.15) is 0 Å². The van der Waals surface area contributed by atoms with Crippen LogP contribution in [0, 0.1) is 0 Å². The van der Waals surface area contributed by atoms with Gasteiger partial charge in [0.25, 0.3) is 0 Å². The van der Waals surface area contributed by atoms with Crippen LogP contribution in [0.1, 0.15) is 5.56 Å². The average Bonchev–Trinajstić information content (AvgIpc) is 2.09. The highest BCUT2D eigenvalue weighted by molar-refractivity contribution is 9.08. The highest BCUT2D eigenvalue weighted by Gasteiger charge is 2.03. The summed E-state index contributed by atoms with van der Waals surface area (Å²) >= 11 is 5.03. The number of anilines is 2. The van der Waals surface area contributed by atoms with Crippen LogP contribution in [0.4, 0.5) is 11.4 Å². The molecule has 1 rings (SSSR count). The van der Waals surface area contributed by atoms with Crippen molar-refractivity contribution in [2.24, 2.45) is 0 Å². The SMILES string of the molecule is CSc1cc(N)c(N)c(CBr)c1. The van der Waals surface area contributed by atoms with Crippen LogP contribution in [-0.2, 0) is 5.33 Å². The molecule has 0 bridgehead atoms. The molecule has 66 valence electrons. The summed E-state index contributed by atoms with van der Waals surface area (Å²) in [6.45, 7) is 0. The minimum absolute atomic E-state index is 0.663. The lowest BCUT2D eigenvalue weighted by Gasteiger charge is -2.07. The minimum Gasteiger partial charge on any atom is -0.397 e. The van der Waals surface area contributed by atoms with Gasteiger partial charge in [0.15, 0.2) is 0 Å². The number of alkyl halides is 1. The van der Waals surface area contributed by atoms with Gasteiger partial charge < -0.3 is 11.5 Å². The van der Waals surface area contributed by atoms with Crippen LogP contribution in [-0.4, -0.2) is 6.26 Å². The van der Waals surface area contributed by atoms with E-state index in [-0.39, 0.29) is 0 Å². The zero-order valence-corrected chi connectivity index (χ0v) is 9.21. The van der Waals surface area contributed by atoms with Crippen molar-refractivity contribution in [1.82, 2.24) is 0 Å². The molecule has 4 N–H and O–H groups in total. The van der Waals surface area contributed by atoms with Gasteiger partial charge in [0.1, 0.15) is 0 Å². The zero-order chi connectivity index (χ0) is 9.14. The van der Waals surface area contributed by atoms with E-state index in [1.807, 2.05) is 18.4 Å². The Morgan fingerprint density at radius 3 is 2.58 bits per heavy atom. The molecule has 2 nitrogen and oxygen atoms in total. The average molecular weight is 247 g/mol. The summed E-state index contributed by atoms with van der Waals surface area (Å²) in [6.07, 6.45) is 2.02. The first-order valence-electron chi connectivity index (χ1n) is 3.47. The molecule has 0 aliphatic rings. The van der Waals surface area contributed by atoms with Crippen molar-refractivity contribution in [1.29, 1.82) is 0 Å². The first-order chi connectivity index (χ1) is 5.69. The molecule has 1 aromatic rings. The Morgan fingerprint density at radius 2 is 2.08 bits per heavy atom. The molecule has 0 saturated carbocycles. The fraction of sp³-hybridized carbons (Fsp3) is 0.250. The summed E-state index contributed by atoms with van der Waals surface area (Å²) in [5.74, 6) is 0. The third-order valence-electron chi connectivity index (χ3n) is 1.65. The summed E-state index contributed by atoms with van der Waals surface area (Å²) < 4.78 is 0. The van der Waals surface area contributed by atoms with Crippen LogP contribution in [0.25, 0.3) is 0 Å². The number of halogens is 1. The van der Waals surface area contributed by atoms with Gasteiger partial charge in [-0.25, -0.2) is 0 Å². The third-order valence-corrected chi connectivity index (χ3v) is 2.96. The van der Waals surface area contributed by atoms with Gasteiger partial charge >= 0.3 is 0 Å². The number of nitrogens with two attached hydrogens (primary N) is 2. The summed E-state index contributed by atoms with van der Waals surface area (Å²) in [4.78, 5) is 1.15. The Morgan fingerprint density at radius 1 is 1.42 bits per heavy atom. The van der Waals surface area contributed by atoms with Crippen LogP contribution < -0.4 is 11.5 Å². The maximum atomic E-state index is 5.75. The summed E-state index contributed by atoms with van der Waals surface area (Å²) in [6, 6.07) is 3.94. The van der Waals surface area contributed by atoms with Crippen LogP contribution in [0.3, 0.4) is 0 Å². The van der Waals surface area contributed by atoms with Gasteiger partial charge in [-0.3, -0.25) is 0 Å². The summed E-state index contributed by atoms with van der Waals surface area (Å²) in [5, 5.41) is 0.747. The molecule has 0 fully saturated rings. The highest BCUT2D eigenvalue weighted by Crippen LogP contribution is 2.28. The molecule has 0 radical (unpaired) electrons. The topological polar surface area (TPSA) is 52.0 Å². The van der Waals surface area contributed by atoms with E-state index in [2.05, 4.69) is 15.9 Å². The monoisotopic (exact) mass is 246 g/mol. The minimum atomic E-state index is 0.663. The molecular weight excluding hydrogens is 236 g/mol. The van der Waals surface area contributed by atoms with Gasteiger partial charge in [0.2, 0.25) is 0 Å². The maximum Gasteiger partial charge on any atom is 0.0589 e. The second-order valence-corrected chi connectivity index (χ2v) is 3.86. The van der Waals surface area contributed by atoms with Crippen LogP contribution in [0.15, 0.2) is 17.0 Å². The molecule has 0 unspecified atom stereocenters. The summed E-state index contributed by atoms with van der Waals surface area (Å²) in [5.41, 5.74) is 13.9. The Kier molecular flexibility index (Phi) is 3.29. The van der Waals surface area contributed by atoms with Crippen molar-refractivity contribution in [3.63, 3.8) is 0 Å². The van der Waals surface area contributed by atoms with Crippen LogP contribution in [0.2, 0.25) is 0 Å². The number of nitrogen functional groups attached to an aromatic ring is 2. The Labute approximate surface area is 84.8 Å². The fourth-order valence-corrected chi connectivity index (χ4v) is 1.90. The van der Waals surface area contributed by atoms with Gasteiger partial charge in [-0.05, 0) is 24.0 Å². The van der Waals surface area contributed by atoms with Gasteiger partial charge in [-0.15, -0.1) is 11.8 Å². The van der Waals surface area contributed by atoms with E-state index in [0.717, 1.165) is 15.8 Å². The van der Waals surface area contributed by atoms with E-state index in [1.54, 1.807) is 11.8 Å². The lowest BCUT2D eigenvalue weighted by atomic mass is 10.2. The van der Waals surface area contributed by atoms with Crippen molar-refractivity contribution < 1.29 is 0 Å². The second-order valence-electron chi connectivity index (χ2n) is 2.42. The maximum absolute atomic E-state index is 5.75. The van der Waals surface area contributed by atoms with Gasteiger partial charge in [-0.1, -0.05) is 15.9 Å². The Balaban J connectivity index is 3.19. The van der Waals surface area contributed by atoms with E-state index >= 15 is 0 Å². The Bertz CT molecular complexity index is 289. The third kappa shape index (κ3) is 1.87. The predicted octanol–water partition coefficient (Wildman–Crippen LogP) is 2.47. The predicted molar refractivity (Wildman–Crippen MR) is 59.7 cm³/mol. The normalized spacial score (nSPS) is 10.2. The molecular formula is C8H11BrN2S. The Hall–Kier alpha value is -0.350. The molecule has 0 heterocycles. The highest BCUT2D eigenvalue weighted by atomic mass is 79.9. The van der Waals surface area contributed by atoms with E-state index in [9.17, 15) is 0 Å². The molecule has 0 spiro atoms. The molecule has 0 amide bonds. The quantitative estimate of drug-likeness (QED) is 0.479. The van der Waals surface area contributed by atoms with Crippen molar-refractivity contribution in [3.8, 4) is 0 Å². The van der Waals surface area contributed by atoms with Crippen molar-refractivity contribution in [2.45, 2.75) is 10.2 Å². The van der Waals surface area contributed by atoms with E-state index in [1.165, 1.54) is 0 Å². The first kappa shape index (κ1) is 9.74. The number of benzene rings is 1. The summed E-state index contributed by atoms with van der Waals surface area (Å²) in [7, 11) is 0. The lowest BCUT2D eigenvalue weighted by molar-refractivity contribution is 1.35. The number of thioether (sulfide) groups is 1. The smallest absolute Gasteiger partial charge is 0.0589 e. The van der Waals surface area contributed by atoms with Gasteiger partial charge in [0.05, 0.1) is 11.4 Å². The second kappa shape index (κ2) is 4.05. The largest absolute Gasteiger partial charge is 0.397 e. The number of hydrogen-bond acceptors (Lipinski definition) is 3. The molecule has 12 heavy (non-hydrogen) atoms. The number of rotatable bonds is 2. The van der Waals surface area contributed by atoms with Crippen molar-refractivity contribution >= 4 is 39.1 Å². The molecule has 4 heteroatoms. The van der Waals surface area contributed by atoms with E-state index < -0.39 is 0 Å². The van der Waals surface area contributed by atoms with Crippen molar-refractivity contribution in [3.05, 3.63) is 17.7 Å². The standard InChI is InChI=1S/C8H11BrN2S/c1-12-6-2-5(4-9)8(11)7(10)3-6/h2-3H,4,10-11H2,1H3.